The maximum atomic E-state index is 7.57. The fourth-order valence-corrected chi connectivity index (χ4v) is 1.57. The zero-order valence-electron chi connectivity index (χ0n) is 12.3. The molecule has 0 bridgehead atoms. The van der Waals surface area contributed by atoms with E-state index in [-0.39, 0.29) is 6.61 Å². The SMILES string of the molecule is CC.CCC(c1ccccc1)N(C)C.CCO. The molecule has 0 aliphatic carbocycles. The van der Waals surface area contributed by atoms with Gasteiger partial charge in [0.05, 0.1) is 0 Å². The van der Waals surface area contributed by atoms with E-state index in [0.717, 1.165) is 6.42 Å². The van der Waals surface area contributed by atoms with Gasteiger partial charge >= 0.3 is 0 Å². The summed E-state index contributed by atoms with van der Waals surface area (Å²) in [6.07, 6.45) is 1.16. The molecule has 0 radical (unpaired) electrons. The zero-order chi connectivity index (χ0) is 13.7. The fraction of sp³-hybridized carbons (Fsp3) is 0.600. The molecule has 1 aromatic carbocycles. The van der Waals surface area contributed by atoms with Gasteiger partial charge in [-0.2, -0.15) is 0 Å². The van der Waals surface area contributed by atoms with Crippen LogP contribution in [-0.4, -0.2) is 30.7 Å². The summed E-state index contributed by atoms with van der Waals surface area (Å²) in [5.74, 6) is 0. The lowest BCUT2D eigenvalue weighted by atomic mass is 10.0. The molecule has 0 aliphatic heterocycles. The Kier molecular flexibility index (Phi) is 14.4. The highest BCUT2D eigenvalue weighted by atomic mass is 16.2. The van der Waals surface area contributed by atoms with E-state index in [1.165, 1.54) is 5.56 Å². The van der Waals surface area contributed by atoms with Crippen LogP contribution in [0.15, 0.2) is 30.3 Å². The van der Waals surface area contributed by atoms with E-state index in [4.69, 9.17) is 5.11 Å². The van der Waals surface area contributed by atoms with Gasteiger partial charge in [0, 0.05) is 12.6 Å². The second-order valence-corrected chi connectivity index (χ2v) is 3.61. The highest BCUT2D eigenvalue weighted by Crippen LogP contribution is 2.20. The van der Waals surface area contributed by atoms with Crippen LogP contribution in [0.4, 0.5) is 0 Å². The van der Waals surface area contributed by atoms with E-state index < -0.39 is 0 Å². The molecule has 0 saturated heterocycles. The molecule has 1 aromatic rings. The van der Waals surface area contributed by atoms with Gasteiger partial charge in [-0.3, -0.25) is 0 Å². The Hall–Kier alpha value is -0.860. The molecule has 1 unspecified atom stereocenters. The van der Waals surface area contributed by atoms with Crippen LogP contribution in [0.2, 0.25) is 0 Å². The Morgan fingerprint density at radius 3 is 1.76 bits per heavy atom. The van der Waals surface area contributed by atoms with Crippen LogP contribution >= 0.6 is 0 Å². The maximum absolute atomic E-state index is 7.57. The number of aliphatic hydroxyl groups excluding tert-OH is 1. The van der Waals surface area contributed by atoms with Gasteiger partial charge in [0.2, 0.25) is 0 Å². The first-order valence-corrected chi connectivity index (χ1v) is 6.49. The first-order valence-electron chi connectivity index (χ1n) is 6.49. The molecule has 17 heavy (non-hydrogen) atoms. The molecule has 0 amide bonds. The molecule has 1 rings (SSSR count). The number of hydrogen-bond acceptors (Lipinski definition) is 2. The standard InChI is InChI=1S/C11H17N.C2H6O.C2H6/c1-4-11(12(2)3)10-8-6-5-7-9-10;1-2-3;1-2/h5-9,11H,4H2,1-3H3;3H,2H2,1H3;1-2H3. The first kappa shape index (κ1) is 18.5. The van der Waals surface area contributed by atoms with Gasteiger partial charge in [0.1, 0.15) is 0 Å². The third kappa shape index (κ3) is 8.90. The molecule has 1 atom stereocenters. The van der Waals surface area contributed by atoms with Gasteiger partial charge < -0.3 is 10.0 Å². The summed E-state index contributed by atoms with van der Waals surface area (Å²) >= 11 is 0. The smallest absolute Gasteiger partial charge is 0.0402 e. The Balaban J connectivity index is 0. The summed E-state index contributed by atoms with van der Waals surface area (Å²) < 4.78 is 0. The Morgan fingerprint density at radius 1 is 1.06 bits per heavy atom. The summed E-state index contributed by atoms with van der Waals surface area (Å²) in [5, 5.41) is 7.57. The Labute approximate surface area is 107 Å². The quantitative estimate of drug-likeness (QED) is 0.869. The van der Waals surface area contributed by atoms with Crippen LogP contribution in [0.25, 0.3) is 0 Å². The third-order valence-electron chi connectivity index (χ3n) is 2.19. The van der Waals surface area contributed by atoms with Crippen molar-refractivity contribution in [3.05, 3.63) is 35.9 Å². The number of hydrogen-bond donors (Lipinski definition) is 1. The maximum Gasteiger partial charge on any atom is 0.0402 e. The van der Waals surface area contributed by atoms with Gasteiger partial charge in [-0.25, -0.2) is 0 Å². The van der Waals surface area contributed by atoms with E-state index in [1.54, 1.807) is 6.92 Å². The van der Waals surface area contributed by atoms with E-state index in [0.29, 0.717) is 6.04 Å². The third-order valence-corrected chi connectivity index (χ3v) is 2.19. The lowest BCUT2D eigenvalue weighted by Gasteiger charge is -2.22. The predicted molar refractivity (Wildman–Crippen MR) is 77.3 cm³/mol. The minimum atomic E-state index is 0.250. The van der Waals surface area contributed by atoms with Crippen molar-refractivity contribution in [1.82, 2.24) is 4.90 Å². The normalized spacial score (nSPS) is 10.8. The molecular weight excluding hydrogens is 210 g/mol. The molecule has 100 valence electrons. The first-order chi connectivity index (χ1) is 8.17. The highest BCUT2D eigenvalue weighted by Gasteiger charge is 2.09. The van der Waals surface area contributed by atoms with Gasteiger partial charge in [-0.1, -0.05) is 51.1 Å². The van der Waals surface area contributed by atoms with Crippen molar-refractivity contribution in [1.29, 1.82) is 0 Å². The van der Waals surface area contributed by atoms with Crippen molar-refractivity contribution in [2.24, 2.45) is 0 Å². The van der Waals surface area contributed by atoms with Crippen LogP contribution < -0.4 is 0 Å². The minimum absolute atomic E-state index is 0.250. The summed E-state index contributed by atoms with van der Waals surface area (Å²) in [5.41, 5.74) is 1.41. The number of benzene rings is 1. The topological polar surface area (TPSA) is 23.5 Å². The highest BCUT2D eigenvalue weighted by molar-refractivity contribution is 5.18. The van der Waals surface area contributed by atoms with Crippen molar-refractivity contribution in [2.45, 2.75) is 40.2 Å². The minimum Gasteiger partial charge on any atom is -0.397 e. The average molecular weight is 239 g/mol. The fourth-order valence-electron chi connectivity index (χ4n) is 1.57. The van der Waals surface area contributed by atoms with Crippen molar-refractivity contribution in [3.8, 4) is 0 Å². The van der Waals surface area contributed by atoms with Crippen LogP contribution in [0.5, 0.6) is 0 Å². The molecule has 0 saturated carbocycles. The molecule has 0 heterocycles. The van der Waals surface area contributed by atoms with Crippen molar-refractivity contribution in [3.63, 3.8) is 0 Å². The number of nitrogens with zero attached hydrogens (tertiary/aromatic N) is 1. The van der Waals surface area contributed by atoms with Gasteiger partial charge in [0.15, 0.2) is 0 Å². The van der Waals surface area contributed by atoms with Crippen molar-refractivity contribution >= 4 is 0 Å². The average Bonchev–Trinajstić information content (AvgIpc) is 2.34. The van der Waals surface area contributed by atoms with Crippen LogP contribution in [0.3, 0.4) is 0 Å². The molecule has 2 nitrogen and oxygen atoms in total. The molecule has 0 fully saturated rings. The van der Waals surface area contributed by atoms with E-state index in [2.05, 4.69) is 56.3 Å². The van der Waals surface area contributed by atoms with E-state index in [1.807, 2.05) is 13.8 Å². The number of rotatable bonds is 3. The summed E-state index contributed by atoms with van der Waals surface area (Å²) in [6, 6.07) is 11.2. The van der Waals surface area contributed by atoms with Gasteiger partial charge in [-0.05, 0) is 33.0 Å². The van der Waals surface area contributed by atoms with Crippen LogP contribution in [-0.2, 0) is 0 Å². The Morgan fingerprint density at radius 2 is 1.47 bits per heavy atom. The molecule has 0 spiro atoms. The van der Waals surface area contributed by atoms with Crippen molar-refractivity contribution < 1.29 is 5.11 Å². The zero-order valence-corrected chi connectivity index (χ0v) is 12.3. The molecular formula is C15H29NO. The molecule has 0 aliphatic rings. The van der Waals surface area contributed by atoms with Gasteiger partial charge in [0.25, 0.3) is 0 Å². The summed E-state index contributed by atoms with van der Waals surface area (Å²) in [6.45, 7) is 8.15. The molecule has 0 aromatic heterocycles. The second kappa shape index (κ2) is 13.2. The van der Waals surface area contributed by atoms with E-state index >= 15 is 0 Å². The van der Waals surface area contributed by atoms with Crippen molar-refractivity contribution in [2.75, 3.05) is 20.7 Å². The molecule has 2 heteroatoms. The summed E-state index contributed by atoms with van der Waals surface area (Å²) in [7, 11) is 4.25. The largest absolute Gasteiger partial charge is 0.397 e. The van der Waals surface area contributed by atoms with Gasteiger partial charge in [-0.15, -0.1) is 0 Å². The lowest BCUT2D eigenvalue weighted by Crippen LogP contribution is -2.18. The van der Waals surface area contributed by atoms with E-state index in [9.17, 15) is 0 Å². The predicted octanol–water partition coefficient (Wildman–Crippen LogP) is 3.72. The van der Waals surface area contributed by atoms with Crippen LogP contribution in [0.1, 0.15) is 45.7 Å². The second-order valence-electron chi connectivity index (χ2n) is 3.61. The summed E-state index contributed by atoms with van der Waals surface area (Å²) in [4.78, 5) is 2.26. The van der Waals surface area contributed by atoms with Crippen LogP contribution in [0, 0.1) is 0 Å². The monoisotopic (exact) mass is 239 g/mol. The number of aliphatic hydroxyl groups is 1. The Bertz CT molecular complexity index is 234. The molecule has 1 N–H and O–H groups in total. The lowest BCUT2D eigenvalue weighted by molar-refractivity contribution is 0.292.